The molecule has 1 fully saturated rings. The molecule has 1 aliphatic heterocycles. The molecule has 2 rings (SSSR count). The fourth-order valence-corrected chi connectivity index (χ4v) is 3.13. The minimum absolute atomic E-state index is 0.157. The Bertz CT molecular complexity index is 450. The predicted octanol–water partition coefficient (Wildman–Crippen LogP) is 2.83. The van der Waals surface area contributed by atoms with Gasteiger partial charge in [0.15, 0.2) is 0 Å². The van der Waals surface area contributed by atoms with Crippen molar-refractivity contribution >= 4 is 5.91 Å². The summed E-state index contributed by atoms with van der Waals surface area (Å²) in [4.78, 5) is 14.3. The third-order valence-electron chi connectivity index (χ3n) is 4.34. The van der Waals surface area contributed by atoms with Crippen LogP contribution in [0.4, 0.5) is 0 Å². The summed E-state index contributed by atoms with van der Waals surface area (Å²) in [5.74, 6) is 0.730. The highest BCUT2D eigenvalue weighted by Crippen LogP contribution is 2.18. The van der Waals surface area contributed by atoms with Crippen LogP contribution in [0, 0.1) is 5.92 Å². The minimum atomic E-state index is 0.157. The Balaban J connectivity index is 1.64. The summed E-state index contributed by atoms with van der Waals surface area (Å²) in [5, 5.41) is 3.09. The van der Waals surface area contributed by atoms with Crippen molar-refractivity contribution < 1.29 is 9.53 Å². The molecule has 4 nitrogen and oxygen atoms in total. The van der Waals surface area contributed by atoms with Crippen LogP contribution in [-0.2, 0) is 16.1 Å². The Labute approximate surface area is 140 Å². The second-order valence-electron chi connectivity index (χ2n) is 6.33. The number of likely N-dealkylation sites (tertiary alicyclic amines) is 1. The molecule has 1 N–H and O–H groups in total. The highest BCUT2D eigenvalue weighted by Gasteiger charge is 2.20. The summed E-state index contributed by atoms with van der Waals surface area (Å²) in [6.45, 7) is 7.43. The maximum absolute atomic E-state index is 11.8. The summed E-state index contributed by atoms with van der Waals surface area (Å²) < 4.78 is 5.26. The number of piperidine rings is 1. The van der Waals surface area contributed by atoms with Gasteiger partial charge in [0.25, 0.3) is 0 Å². The Kier molecular flexibility index (Phi) is 8.12. The van der Waals surface area contributed by atoms with E-state index in [9.17, 15) is 4.79 Å². The third-order valence-corrected chi connectivity index (χ3v) is 4.34. The van der Waals surface area contributed by atoms with Crippen molar-refractivity contribution in [2.24, 2.45) is 5.92 Å². The molecule has 1 aromatic carbocycles. The van der Waals surface area contributed by atoms with Gasteiger partial charge < -0.3 is 10.1 Å². The quantitative estimate of drug-likeness (QED) is 0.712. The molecule has 0 aliphatic carbocycles. The lowest BCUT2D eigenvalue weighted by atomic mass is 9.97. The van der Waals surface area contributed by atoms with Gasteiger partial charge in [-0.3, -0.25) is 9.69 Å². The number of carbonyl (C=O) groups excluding carboxylic acids is 1. The first-order valence-electron chi connectivity index (χ1n) is 8.88. The molecule has 0 spiro atoms. The molecule has 1 aromatic rings. The van der Waals surface area contributed by atoms with E-state index >= 15 is 0 Å². The van der Waals surface area contributed by atoms with Gasteiger partial charge in [0.1, 0.15) is 0 Å². The number of nitrogens with one attached hydrogen (secondary N) is 1. The Hall–Kier alpha value is -1.39. The summed E-state index contributed by atoms with van der Waals surface area (Å²) in [7, 11) is 0. The Morgan fingerprint density at radius 1 is 1.35 bits per heavy atom. The molecule has 1 heterocycles. The van der Waals surface area contributed by atoms with Crippen molar-refractivity contribution in [2.75, 3.05) is 32.8 Å². The van der Waals surface area contributed by atoms with Gasteiger partial charge in [0.2, 0.25) is 5.91 Å². The third kappa shape index (κ3) is 7.14. The highest BCUT2D eigenvalue weighted by molar-refractivity contribution is 5.75. The molecular weight excluding hydrogens is 288 g/mol. The smallest absolute Gasteiger partial charge is 0.220 e. The van der Waals surface area contributed by atoms with Crippen molar-refractivity contribution in [1.82, 2.24) is 10.2 Å². The first-order chi connectivity index (χ1) is 11.3. The van der Waals surface area contributed by atoms with Crippen molar-refractivity contribution in [3.8, 4) is 0 Å². The number of hydrogen-bond acceptors (Lipinski definition) is 3. The topological polar surface area (TPSA) is 41.6 Å². The average molecular weight is 318 g/mol. The van der Waals surface area contributed by atoms with Crippen LogP contribution >= 0.6 is 0 Å². The molecule has 0 aromatic heterocycles. The number of ether oxygens (including phenoxy) is 1. The van der Waals surface area contributed by atoms with Gasteiger partial charge in [0.05, 0.1) is 0 Å². The van der Waals surface area contributed by atoms with Crippen LogP contribution < -0.4 is 5.32 Å². The highest BCUT2D eigenvalue weighted by atomic mass is 16.5. The maximum Gasteiger partial charge on any atom is 0.220 e. The first-order valence-corrected chi connectivity index (χ1v) is 8.88. The Morgan fingerprint density at radius 2 is 2.17 bits per heavy atom. The summed E-state index contributed by atoms with van der Waals surface area (Å²) in [6, 6.07) is 10.6. The van der Waals surface area contributed by atoms with Gasteiger partial charge in [-0.05, 0) is 44.2 Å². The molecule has 23 heavy (non-hydrogen) atoms. The molecule has 0 saturated carbocycles. The summed E-state index contributed by atoms with van der Waals surface area (Å²) >= 11 is 0. The van der Waals surface area contributed by atoms with E-state index in [1.807, 2.05) is 6.92 Å². The molecular formula is C19H30N2O2. The van der Waals surface area contributed by atoms with E-state index in [4.69, 9.17) is 4.74 Å². The van der Waals surface area contributed by atoms with E-state index in [1.54, 1.807) is 0 Å². The average Bonchev–Trinajstić information content (AvgIpc) is 2.58. The van der Waals surface area contributed by atoms with Crippen molar-refractivity contribution in [2.45, 2.75) is 39.2 Å². The van der Waals surface area contributed by atoms with Crippen molar-refractivity contribution in [3.63, 3.8) is 0 Å². The lowest BCUT2D eigenvalue weighted by molar-refractivity contribution is -0.121. The summed E-state index contributed by atoms with van der Waals surface area (Å²) in [6.07, 6.45) is 3.81. The SMILES string of the molecule is CCOCCCC(=O)NC[C@H]1CCCN(Cc2ccccc2)C1. The number of benzene rings is 1. The molecule has 1 aliphatic rings. The van der Waals surface area contributed by atoms with E-state index < -0.39 is 0 Å². The summed E-state index contributed by atoms with van der Waals surface area (Å²) in [5.41, 5.74) is 1.37. The number of carbonyl (C=O) groups is 1. The second-order valence-corrected chi connectivity index (χ2v) is 6.33. The fourth-order valence-electron chi connectivity index (χ4n) is 3.13. The molecule has 1 saturated heterocycles. The van der Waals surface area contributed by atoms with Gasteiger partial charge in [0, 0.05) is 39.3 Å². The van der Waals surface area contributed by atoms with Crippen molar-refractivity contribution in [3.05, 3.63) is 35.9 Å². The predicted molar refractivity (Wildman–Crippen MR) is 93.2 cm³/mol. The van der Waals surface area contributed by atoms with E-state index in [2.05, 4.69) is 40.5 Å². The van der Waals surface area contributed by atoms with E-state index in [1.165, 1.54) is 18.4 Å². The zero-order chi connectivity index (χ0) is 16.3. The van der Waals surface area contributed by atoms with Gasteiger partial charge in [-0.15, -0.1) is 0 Å². The largest absolute Gasteiger partial charge is 0.382 e. The zero-order valence-corrected chi connectivity index (χ0v) is 14.3. The van der Waals surface area contributed by atoms with Crippen molar-refractivity contribution in [1.29, 1.82) is 0 Å². The number of nitrogens with zero attached hydrogens (tertiary/aromatic N) is 1. The molecule has 1 amide bonds. The van der Waals surface area contributed by atoms with E-state index in [-0.39, 0.29) is 5.91 Å². The van der Waals surface area contributed by atoms with Crippen LogP contribution in [0.1, 0.15) is 38.2 Å². The maximum atomic E-state index is 11.8. The number of rotatable bonds is 9. The van der Waals surface area contributed by atoms with E-state index in [0.29, 0.717) is 18.9 Å². The minimum Gasteiger partial charge on any atom is -0.382 e. The Morgan fingerprint density at radius 3 is 2.96 bits per heavy atom. The first kappa shape index (κ1) is 18.0. The molecule has 0 bridgehead atoms. The van der Waals surface area contributed by atoms with E-state index in [0.717, 1.165) is 39.2 Å². The molecule has 4 heteroatoms. The van der Waals surface area contributed by atoms with Gasteiger partial charge >= 0.3 is 0 Å². The second kappa shape index (κ2) is 10.4. The van der Waals surface area contributed by atoms with Crippen LogP contribution in [-0.4, -0.2) is 43.7 Å². The van der Waals surface area contributed by atoms with Gasteiger partial charge in [-0.1, -0.05) is 30.3 Å². The molecule has 1 atom stereocenters. The van der Waals surface area contributed by atoms with Gasteiger partial charge in [-0.25, -0.2) is 0 Å². The van der Waals surface area contributed by atoms with Crippen LogP contribution in [0.15, 0.2) is 30.3 Å². The number of amides is 1. The van der Waals surface area contributed by atoms with Crippen LogP contribution in [0.5, 0.6) is 0 Å². The van der Waals surface area contributed by atoms with Gasteiger partial charge in [-0.2, -0.15) is 0 Å². The molecule has 0 unspecified atom stereocenters. The molecule has 128 valence electrons. The zero-order valence-electron chi connectivity index (χ0n) is 14.3. The lowest BCUT2D eigenvalue weighted by Gasteiger charge is -2.32. The monoisotopic (exact) mass is 318 g/mol. The fraction of sp³-hybridized carbons (Fsp3) is 0.632. The lowest BCUT2D eigenvalue weighted by Crippen LogP contribution is -2.40. The standard InChI is InChI=1S/C19H30N2O2/c1-2-23-13-7-11-19(22)20-14-18-10-6-12-21(16-18)15-17-8-4-3-5-9-17/h3-5,8-9,18H,2,6-7,10-16H2,1H3,(H,20,22)/t18-/m1/s1. The number of hydrogen-bond donors (Lipinski definition) is 1. The van der Waals surface area contributed by atoms with Crippen LogP contribution in [0.2, 0.25) is 0 Å². The molecule has 0 radical (unpaired) electrons. The normalized spacial score (nSPS) is 18.7. The van der Waals surface area contributed by atoms with Crippen LogP contribution in [0.25, 0.3) is 0 Å². The van der Waals surface area contributed by atoms with Crippen LogP contribution in [0.3, 0.4) is 0 Å².